The van der Waals surface area contributed by atoms with Gasteiger partial charge in [-0.15, -0.1) is 5.10 Å². The van der Waals surface area contributed by atoms with Gasteiger partial charge in [-0.2, -0.15) is 13.2 Å². The number of alkyl halides is 3. The summed E-state index contributed by atoms with van der Waals surface area (Å²) in [6, 6.07) is 16.0. The van der Waals surface area contributed by atoms with Gasteiger partial charge in [-0.25, -0.2) is 19.3 Å². The topological polar surface area (TPSA) is 99.4 Å². The van der Waals surface area contributed by atoms with Gasteiger partial charge in [-0.3, -0.25) is 0 Å². The lowest BCUT2D eigenvalue weighted by molar-refractivity contribution is -0.137. The lowest BCUT2D eigenvalue weighted by Gasteiger charge is -2.33. The monoisotopic (exact) mass is 607 g/mol. The molecule has 0 aliphatic carbocycles. The maximum absolute atomic E-state index is 13.0. The van der Waals surface area contributed by atoms with Crippen molar-refractivity contribution in [2.75, 3.05) is 20.2 Å². The average Bonchev–Trinajstić information content (AvgIpc) is 3.50. The highest BCUT2D eigenvalue weighted by Gasteiger charge is 2.30. The quantitative estimate of drug-likeness (QED) is 0.227. The smallest absolute Gasteiger partial charge is 0.416 e. The first kappa shape index (κ1) is 30.7. The Morgan fingerprint density at radius 1 is 0.886 bits per heavy atom. The van der Waals surface area contributed by atoms with Gasteiger partial charge in [-0.05, 0) is 80.5 Å². The summed E-state index contributed by atoms with van der Waals surface area (Å²) in [6.45, 7) is 6.79. The van der Waals surface area contributed by atoms with Gasteiger partial charge in [0.25, 0.3) is 0 Å². The molecule has 9 nitrogen and oxygen atoms in total. The summed E-state index contributed by atoms with van der Waals surface area (Å²) in [7, 11) is 1.26. The fourth-order valence-corrected chi connectivity index (χ4v) is 5.02. The van der Waals surface area contributed by atoms with Crippen LogP contribution in [-0.4, -0.2) is 62.7 Å². The van der Waals surface area contributed by atoms with Crippen LogP contribution in [0.4, 0.5) is 18.0 Å². The van der Waals surface area contributed by atoms with Crippen molar-refractivity contribution >= 4 is 12.1 Å². The van der Waals surface area contributed by atoms with Crippen molar-refractivity contribution in [1.82, 2.24) is 24.9 Å². The molecule has 0 N–H and O–H groups in total. The van der Waals surface area contributed by atoms with E-state index in [1.165, 1.54) is 30.1 Å². The van der Waals surface area contributed by atoms with E-state index in [9.17, 15) is 22.8 Å². The highest BCUT2D eigenvalue weighted by molar-refractivity contribution is 5.89. The molecule has 2 aromatic carbocycles. The number of carbonyl (C=O) groups excluding carboxylic acids is 2. The van der Waals surface area contributed by atoms with Crippen molar-refractivity contribution in [1.29, 1.82) is 0 Å². The minimum absolute atomic E-state index is 0.0603. The lowest BCUT2D eigenvalue weighted by Crippen LogP contribution is -2.41. The number of aromatic nitrogens is 4. The van der Waals surface area contributed by atoms with E-state index >= 15 is 0 Å². The number of hydrogen-bond donors (Lipinski definition) is 0. The van der Waals surface area contributed by atoms with Crippen LogP contribution in [0.25, 0.3) is 28.2 Å². The maximum Gasteiger partial charge on any atom is 0.416 e. The van der Waals surface area contributed by atoms with Crippen molar-refractivity contribution in [3.8, 4) is 28.2 Å². The maximum atomic E-state index is 13.0. The van der Waals surface area contributed by atoms with Gasteiger partial charge in [-0.1, -0.05) is 41.6 Å². The molecule has 0 radical (unpaired) electrons. The van der Waals surface area contributed by atoms with Gasteiger partial charge < -0.3 is 14.4 Å². The highest BCUT2D eigenvalue weighted by atomic mass is 19.4. The van der Waals surface area contributed by atoms with Gasteiger partial charge in [0, 0.05) is 18.7 Å². The van der Waals surface area contributed by atoms with Crippen LogP contribution in [0, 0.1) is 0 Å². The third kappa shape index (κ3) is 7.07. The molecular formula is C32H32F3N5O4. The molecule has 12 heteroatoms. The number of esters is 1. The molecule has 0 unspecified atom stereocenters. The number of ether oxygens (including phenoxy) is 2. The number of carbonyl (C=O) groups is 2. The van der Waals surface area contributed by atoms with Gasteiger partial charge >= 0.3 is 18.2 Å². The number of benzene rings is 2. The number of pyridine rings is 1. The van der Waals surface area contributed by atoms with Gasteiger partial charge in [0.15, 0.2) is 11.5 Å². The third-order valence-corrected chi connectivity index (χ3v) is 7.30. The molecule has 230 valence electrons. The van der Waals surface area contributed by atoms with E-state index in [2.05, 4.69) is 15.3 Å². The van der Waals surface area contributed by atoms with Crippen LogP contribution in [0.15, 0.2) is 66.9 Å². The second-order valence-corrected chi connectivity index (χ2v) is 11.6. The largest absolute Gasteiger partial charge is 0.464 e. The molecular weight excluding hydrogens is 575 g/mol. The van der Waals surface area contributed by atoms with E-state index < -0.39 is 23.3 Å². The molecule has 4 aromatic rings. The van der Waals surface area contributed by atoms with Crippen molar-refractivity contribution in [2.45, 2.75) is 51.3 Å². The van der Waals surface area contributed by atoms with Crippen molar-refractivity contribution in [3.05, 3.63) is 83.7 Å². The van der Waals surface area contributed by atoms with Crippen LogP contribution in [0.1, 0.15) is 61.1 Å². The van der Waals surface area contributed by atoms with Crippen molar-refractivity contribution in [3.63, 3.8) is 0 Å². The molecule has 0 atom stereocenters. The molecule has 1 saturated heterocycles. The molecule has 0 spiro atoms. The number of methoxy groups -OCH3 is 1. The zero-order valence-electron chi connectivity index (χ0n) is 24.8. The van der Waals surface area contributed by atoms with Gasteiger partial charge in [0.2, 0.25) is 0 Å². The van der Waals surface area contributed by atoms with Gasteiger partial charge in [0.1, 0.15) is 11.3 Å². The number of rotatable bonds is 5. The average molecular weight is 608 g/mol. The van der Waals surface area contributed by atoms with Crippen LogP contribution in [0.3, 0.4) is 0 Å². The van der Waals surface area contributed by atoms with Crippen molar-refractivity contribution < 1.29 is 32.2 Å². The molecule has 0 bridgehead atoms. The fourth-order valence-electron chi connectivity index (χ4n) is 5.02. The molecule has 3 heterocycles. The molecule has 5 rings (SSSR count). The fraction of sp³-hybridized carbons (Fsp3) is 0.344. The molecule has 1 fully saturated rings. The van der Waals surface area contributed by atoms with Crippen LogP contribution < -0.4 is 0 Å². The number of hydrogen-bond acceptors (Lipinski definition) is 7. The summed E-state index contributed by atoms with van der Waals surface area (Å²) in [5.41, 5.74) is 2.22. The standard InChI is InChI=1S/C32H32F3N5O4/c1-31(2,3)44-30(42)39-15-13-22(14-16-39)20-5-7-21(8-6-20)24-17-26(29(41)43-4)36-28(18-24)40-19-27(37-38-40)23-9-11-25(12-10-23)32(33,34)35/h5-12,17-19,22H,13-16H2,1-4H3. The summed E-state index contributed by atoms with van der Waals surface area (Å²) >= 11 is 0. The lowest BCUT2D eigenvalue weighted by atomic mass is 9.88. The summed E-state index contributed by atoms with van der Waals surface area (Å²) in [4.78, 5) is 31.0. The zero-order valence-corrected chi connectivity index (χ0v) is 24.8. The third-order valence-electron chi connectivity index (χ3n) is 7.30. The van der Waals surface area contributed by atoms with Gasteiger partial charge in [0.05, 0.1) is 18.9 Å². The first-order chi connectivity index (χ1) is 20.8. The van der Waals surface area contributed by atoms with E-state index in [4.69, 9.17) is 9.47 Å². The summed E-state index contributed by atoms with van der Waals surface area (Å²) in [6.07, 6.45) is -1.57. The van der Waals surface area contributed by atoms with E-state index in [1.807, 2.05) is 45.0 Å². The Balaban J connectivity index is 1.35. The Bertz CT molecular complexity index is 1640. The second-order valence-electron chi connectivity index (χ2n) is 11.6. The first-order valence-electron chi connectivity index (χ1n) is 14.1. The molecule has 0 saturated carbocycles. The molecule has 1 aliphatic heterocycles. The van der Waals surface area contributed by atoms with E-state index in [0.717, 1.165) is 36.1 Å². The summed E-state index contributed by atoms with van der Waals surface area (Å²) in [5, 5.41) is 8.19. The Labute approximate surface area is 252 Å². The van der Waals surface area contributed by atoms with Crippen LogP contribution in [0.5, 0.6) is 0 Å². The number of halogens is 3. The van der Waals surface area contributed by atoms with E-state index in [-0.39, 0.29) is 17.6 Å². The minimum Gasteiger partial charge on any atom is -0.464 e. The minimum atomic E-state index is -4.44. The van der Waals surface area contributed by atoms with Crippen LogP contribution in [0.2, 0.25) is 0 Å². The second kappa shape index (κ2) is 12.1. The Morgan fingerprint density at radius 2 is 1.52 bits per heavy atom. The number of amides is 1. The first-order valence-corrected chi connectivity index (χ1v) is 14.1. The molecule has 1 aliphatic rings. The zero-order chi connectivity index (χ0) is 31.6. The van der Waals surface area contributed by atoms with Crippen LogP contribution >= 0.6 is 0 Å². The number of likely N-dealkylation sites (tertiary alicyclic amines) is 1. The number of nitrogens with zero attached hydrogens (tertiary/aromatic N) is 5. The molecule has 44 heavy (non-hydrogen) atoms. The molecule has 2 aromatic heterocycles. The Hall–Kier alpha value is -4.74. The summed E-state index contributed by atoms with van der Waals surface area (Å²) in [5.74, 6) is -0.0585. The normalized spacial score (nSPS) is 14.4. The predicted molar refractivity (Wildman–Crippen MR) is 156 cm³/mol. The Kier molecular flexibility index (Phi) is 8.44. The van der Waals surface area contributed by atoms with Crippen LogP contribution in [-0.2, 0) is 15.7 Å². The SMILES string of the molecule is COC(=O)c1cc(-c2ccc(C3CCN(C(=O)OC(C)(C)C)CC3)cc2)cc(-n2cc(-c3ccc(C(F)(F)F)cc3)nn2)n1. The molecule has 1 amide bonds. The van der Waals surface area contributed by atoms with E-state index in [0.29, 0.717) is 35.8 Å². The predicted octanol–water partition coefficient (Wildman–Crippen LogP) is 6.92. The van der Waals surface area contributed by atoms with E-state index in [1.54, 1.807) is 17.0 Å². The van der Waals surface area contributed by atoms with Crippen molar-refractivity contribution in [2.24, 2.45) is 0 Å². The Morgan fingerprint density at radius 3 is 2.11 bits per heavy atom. The number of piperidine rings is 1. The highest BCUT2D eigenvalue weighted by Crippen LogP contribution is 2.32. The summed E-state index contributed by atoms with van der Waals surface area (Å²) < 4.78 is 50.7.